The van der Waals surface area contributed by atoms with Gasteiger partial charge < -0.3 is 4.90 Å². The van der Waals surface area contributed by atoms with Gasteiger partial charge in [0.2, 0.25) is 0 Å². The van der Waals surface area contributed by atoms with Crippen LogP contribution >= 0.6 is 0 Å². The summed E-state index contributed by atoms with van der Waals surface area (Å²) in [5.41, 5.74) is 2.96. The highest BCUT2D eigenvalue weighted by Gasteiger charge is 2.31. The fraction of sp³-hybridized carbons (Fsp3) is 0.760. The standard InChI is InChI=1S/C25H41N/c1-4-6-20-7-9-21(10-8-20)22-11-13-23(14-12-22)24-15-17-25(18-16-24)26(3)19-5-2/h15-18,20-23H,4-14,19H2,1-3H3. The van der Waals surface area contributed by atoms with E-state index in [2.05, 4.69) is 50.1 Å². The second-order valence-electron chi connectivity index (χ2n) is 9.19. The number of anilines is 1. The van der Waals surface area contributed by atoms with Crippen LogP contribution in [0.5, 0.6) is 0 Å². The Kier molecular flexibility index (Phi) is 7.46. The lowest BCUT2D eigenvalue weighted by Crippen LogP contribution is -2.25. The topological polar surface area (TPSA) is 3.24 Å². The molecule has 0 bridgehead atoms. The van der Waals surface area contributed by atoms with Crippen LogP contribution in [0.25, 0.3) is 0 Å². The third-order valence-electron chi connectivity index (χ3n) is 7.39. The van der Waals surface area contributed by atoms with Crippen LogP contribution in [0.3, 0.4) is 0 Å². The first-order valence-corrected chi connectivity index (χ1v) is 11.5. The smallest absolute Gasteiger partial charge is 0.0363 e. The Labute approximate surface area is 162 Å². The molecule has 2 saturated carbocycles. The molecule has 0 amide bonds. The summed E-state index contributed by atoms with van der Waals surface area (Å²) in [6.45, 7) is 5.74. The van der Waals surface area contributed by atoms with E-state index < -0.39 is 0 Å². The largest absolute Gasteiger partial charge is 0.375 e. The Morgan fingerprint density at radius 1 is 0.769 bits per heavy atom. The minimum Gasteiger partial charge on any atom is -0.375 e. The van der Waals surface area contributed by atoms with Crippen LogP contribution in [-0.4, -0.2) is 13.6 Å². The third kappa shape index (κ3) is 5.05. The number of benzene rings is 1. The van der Waals surface area contributed by atoms with Crippen molar-refractivity contribution in [2.24, 2.45) is 17.8 Å². The van der Waals surface area contributed by atoms with Gasteiger partial charge in [-0.25, -0.2) is 0 Å². The van der Waals surface area contributed by atoms with Crippen molar-refractivity contribution in [3.63, 3.8) is 0 Å². The van der Waals surface area contributed by atoms with Crippen molar-refractivity contribution in [2.45, 2.75) is 90.4 Å². The van der Waals surface area contributed by atoms with Crippen LogP contribution in [0.15, 0.2) is 24.3 Å². The SMILES string of the molecule is CCCC1CCC(C2CCC(c3ccc(N(C)CCC)cc3)CC2)CC1. The average Bonchev–Trinajstić information content (AvgIpc) is 2.69. The van der Waals surface area contributed by atoms with Gasteiger partial charge in [0.25, 0.3) is 0 Å². The van der Waals surface area contributed by atoms with Crippen molar-refractivity contribution < 1.29 is 0 Å². The summed E-state index contributed by atoms with van der Waals surface area (Å²) in [5, 5.41) is 0. The summed E-state index contributed by atoms with van der Waals surface area (Å²) in [6.07, 6.45) is 16.0. The Morgan fingerprint density at radius 2 is 1.35 bits per heavy atom. The quantitative estimate of drug-likeness (QED) is 0.492. The van der Waals surface area contributed by atoms with Crippen LogP contribution in [0, 0.1) is 17.8 Å². The molecule has 1 aromatic rings. The lowest BCUT2D eigenvalue weighted by Gasteiger charge is -2.38. The first-order valence-electron chi connectivity index (χ1n) is 11.5. The van der Waals surface area contributed by atoms with Gasteiger partial charge in [0.15, 0.2) is 0 Å². The monoisotopic (exact) mass is 355 g/mol. The molecule has 1 heteroatoms. The summed E-state index contributed by atoms with van der Waals surface area (Å²) < 4.78 is 0. The summed E-state index contributed by atoms with van der Waals surface area (Å²) in [4.78, 5) is 2.37. The number of hydrogen-bond acceptors (Lipinski definition) is 1. The lowest BCUT2D eigenvalue weighted by atomic mass is 9.68. The Balaban J connectivity index is 1.46. The van der Waals surface area contributed by atoms with Crippen LogP contribution in [0.1, 0.15) is 96.0 Å². The fourth-order valence-electron chi connectivity index (χ4n) is 5.75. The van der Waals surface area contributed by atoms with E-state index in [0.717, 1.165) is 30.2 Å². The summed E-state index contributed by atoms with van der Waals surface area (Å²) >= 11 is 0. The van der Waals surface area contributed by atoms with Crippen LogP contribution < -0.4 is 4.90 Å². The molecule has 0 aliphatic heterocycles. The minimum atomic E-state index is 0.813. The van der Waals surface area contributed by atoms with Gasteiger partial charge in [-0.15, -0.1) is 0 Å². The second kappa shape index (κ2) is 9.81. The van der Waals surface area contributed by atoms with Crippen LogP contribution in [0.4, 0.5) is 5.69 Å². The molecular weight excluding hydrogens is 314 g/mol. The molecule has 0 spiro atoms. The van der Waals surface area contributed by atoms with Crippen molar-refractivity contribution in [3.05, 3.63) is 29.8 Å². The zero-order valence-electron chi connectivity index (χ0n) is 17.6. The highest BCUT2D eigenvalue weighted by molar-refractivity contribution is 5.47. The molecule has 146 valence electrons. The number of rotatable bonds is 7. The normalized spacial score (nSPS) is 29.5. The molecule has 0 saturated heterocycles. The van der Waals surface area contributed by atoms with Gasteiger partial charge in [-0.3, -0.25) is 0 Å². The zero-order valence-corrected chi connectivity index (χ0v) is 17.6. The van der Waals surface area contributed by atoms with Gasteiger partial charge in [-0.05, 0) is 86.3 Å². The molecule has 2 aliphatic carbocycles. The number of nitrogens with zero attached hydrogens (tertiary/aromatic N) is 1. The molecule has 3 rings (SSSR count). The van der Waals surface area contributed by atoms with E-state index in [0.29, 0.717) is 0 Å². The predicted octanol–water partition coefficient (Wildman–Crippen LogP) is 7.41. The van der Waals surface area contributed by atoms with Gasteiger partial charge in [-0.2, -0.15) is 0 Å². The van der Waals surface area contributed by atoms with Gasteiger partial charge in [-0.1, -0.05) is 51.7 Å². The van der Waals surface area contributed by atoms with Gasteiger partial charge >= 0.3 is 0 Å². The van der Waals surface area contributed by atoms with E-state index in [-0.39, 0.29) is 0 Å². The summed E-state index contributed by atoms with van der Waals surface area (Å²) in [5.74, 6) is 3.95. The van der Waals surface area contributed by atoms with Gasteiger partial charge in [0.05, 0.1) is 0 Å². The molecule has 0 N–H and O–H groups in total. The predicted molar refractivity (Wildman–Crippen MR) is 115 cm³/mol. The third-order valence-corrected chi connectivity index (χ3v) is 7.39. The van der Waals surface area contributed by atoms with E-state index in [1.165, 1.54) is 76.3 Å². The van der Waals surface area contributed by atoms with E-state index in [9.17, 15) is 0 Å². The van der Waals surface area contributed by atoms with E-state index in [4.69, 9.17) is 0 Å². The van der Waals surface area contributed by atoms with Crippen molar-refractivity contribution in [1.29, 1.82) is 0 Å². The molecule has 0 aromatic heterocycles. The highest BCUT2D eigenvalue weighted by Crippen LogP contribution is 2.44. The lowest BCUT2D eigenvalue weighted by molar-refractivity contribution is 0.156. The molecular formula is C25H41N. The molecule has 0 radical (unpaired) electrons. The second-order valence-corrected chi connectivity index (χ2v) is 9.19. The molecule has 0 heterocycles. The first kappa shape index (κ1) is 19.8. The van der Waals surface area contributed by atoms with E-state index >= 15 is 0 Å². The molecule has 2 fully saturated rings. The Bertz CT molecular complexity index is 503. The van der Waals surface area contributed by atoms with Crippen LogP contribution in [-0.2, 0) is 0 Å². The van der Waals surface area contributed by atoms with Crippen molar-refractivity contribution in [3.8, 4) is 0 Å². The van der Waals surface area contributed by atoms with Crippen molar-refractivity contribution >= 4 is 5.69 Å². The molecule has 1 aromatic carbocycles. The maximum absolute atomic E-state index is 2.41. The molecule has 26 heavy (non-hydrogen) atoms. The fourth-order valence-corrected chi connectivity index (χ4v) is 5.75. The van der Waals surface area contributed by atoms with Gasteiger partial charge in [0.1, 0.15) is 0 Å². The number of hydrogen-bond donors (Lipinski definition) is 0. The zero-order chi connectivity index (χ0) is 18.4. The van der Waals surface area contributed by atoms with E-state index in [1.54, 1.807) is 5.56 Å². The molecule has 0 atom stereocenters. The van der Waals surface area contributed by atoms with E-state index in [1.807, 2.05) is 0 Å². The highest BCUT2D eigenvalue weighted by atomic mass is 15.1. The van der Waals surface area contributed by atoms with Crippen LogP contribution in [0.2, 0.25) is 0 Å². The molecule has 1 nitrogen and oxygen atoms in total. The molecule has 0 unspecified atom stereocenters. The Hall–Kier alpha value is -0.980. The summed E-state index contributed by atoms with van der Waals surface area (Å²) in [7, 11) is 2.21. The first-order chi connectivity index (χ1) is 12.7. The molecule has 2 aliphatic rings. The van der Waals surface area contributed by atoms with Crippen molar-refractivity contribution in [1.82, 2.24) is 0 Å². The Morgan fingerprint density at radius 3 is 1.88 bits per heavy atom. The minimum absolute atomic E-state index is 0.813. The maximum atomic E-state index is 2.41. The van der Waals surface area contributed by atoms with Gasteiger partial charge in [0, 0.05) is 19.3 Å². The van der Waals surface area contributed by atoms with Crippen molar-refractivity contribution in [2.75, 3.05) is 18.5 Å². The maximum Gasteiger partial charge on any atom is 0.0363 e. The summed E-state index contributed by atoms with van der Waals surface area (Å²) in [6, 6.07) is 9.49. The average molecular weight is 356 g/mol.